The normalized spacial score (nSPS) is 17.6. The number of aryl methyl sites for hydroxylation is 1. The van der Waals surface area contributed by atoms with E-state index in [-0.39, 0.29) is 18.3 Å². The van der Waals surface area contributed by atoms with Crippen LogP contribution in [0.25, 0.3) is 11.0 Å². The van der Waals surface area contributed by atoms with Crippen LogP contribution in [0.4, 0.5) is 0 Å². The molecule has 1 aromatic carbocycles. The largest absolute Gasteiger partial charge is 0.497 e. The molecule has 0 saturated carbocycles. The van der Waals surface area contributed by atoms with Crippen molar-refractivity contribution in [1.82, 2.24) is 4.90 Å². The lowest BCUT2D eigenvalue weighted by atomic mass is 10.0. The molecule has 2 aromatic rings. The molecule has 1 aliphatic rings. The SMILES string of the molecule is COc1ccc2oc(C(=O)OCC(=O)N3CCCC(C)C3)c(C)c2c1. The maximum absolute atomic E-state index is 12.3. The quantitative estimate of drug-likeness (QED) is 0.796. The van der Waals surface area contributed by atoms with E-state index in [1.807, 2.05) is 6.07 Å². The molecule has 25 heavy (non-hydrogen) atoms. The Morgan fingerprint density at radius 1 is 1.36 bits per heavy atom. The molecule has 0 radical (unpaired) electrons. The molecule has 6 nitrogen and oxygen atoms in total. The van der Waals surface area contributed by atoms with Gasteiger partial charge < -0.3 is 18.8 Å². The Morgan fingerprint density at radius 3 is 2.88 bits per heavy atom. The zero-order valence-corrected chi connectivity index (χ0v) is 14.8. The van der Waals surface area contributed by atoms with Crippen LogP contribution >= 0.6 is 0 Å². The van der Waals surface area contributed by atoms with Crippen LogP contribution in [0.2, 0.25) is 0 Å². The van der Waals surface area contributed by atoms with E-state index in [1.54, 1.807) is 31.1 Å². The number of fused-ring (bicyclic) bond motifs is 1. The van der Waals surface area contributed by atoms with Crippen molar-refractivity contribution in [2.75, 3.05) is 26.8 Å². The molecule has 1 unspecified atom stereocenters. The van der Waals surface area contributed by atoms with Crippen molar-refractivity contribution >= 4 is 22.8 Å². The second-order valence-electron chi connectivity index (χ2n) is 6.58. The summed E-state index contributed by atoms with van der Waals surface area (Å²) in [4.78, 5) is 26.3. The van der Waals surface area contributed by atoms with E-state index in [4.69, 9.17) is 13.9 Å². The van der Waals surface area contributed by atoms with Crippen LogP contribution in [0.3, 0.4) is 0 Å². The van der Waals surface area contributed by atoms with Gasteiger partial charge in [0, 0.05) is 24.0 Å². The van der Waals surface area contributed by atoms with Crippen LogP contribution in [0.1, 0.15) is 35.9 Å². The molecule has 0 bridgehead atoms. The van der Waals surface area contributed by atoms with Crippen molar-refractivity contribution in [3.8, 4) is 5.75 Å². The summed E-state index contributed by atoms with van der Waals surface area (Å²) in [7, 11) is 1.58. The van der Waals surface area contributed by atoms with Crippen LogP contribution in [0.5, 0.6) is 5.75 Å². The van der Waals surface area contributed by atoms with Crippen molar-refractivity contribution < 1.29 is 23.5 Å². The fourth-order valence-electron chi connectivity index (χ4n) is 3.22. The number of rotatable bonds is 4. The van der Waals surface area contributed by atoms with Gasteiger partial charge in [0.25, 0.3) is 5.91 Å². The van der Waals surface area contributed by atoms with Crippen LogP contribution in [-0.4, -0.2) is 43.6 Å². The zero-order chi connectivity index (χ0) is 18.0. The Balaban J connectivity index is 1.68. The zero-order valence-electron chi connectivity index (χ0n) is 14.8. The van der Waals surface area contributed by atoms with Gasteiger partial charge in [0.05, 0.1) is 7.11 Å². The molecule has 1 amide bonds. The molecular weight excluding hydrogens is 322 g/mol. The first-order chi connectivity index (χ1) is 12.0. The summed E-state index contributed by atoms with van der Waals surface area (Å²) in [5.74, 6) is 0.524. The van der Waals surface area contributed by atoms with Gasteiger partial charge in [0.2, 0.25) is 5.76 Å². The van der Waals surface area contributed by atoms with Gasteiger partial charge in [0.1, 0.15) is 11.3 Å². The highest BCUT2D eigenvalue weighted by atomic mass is 16.5. The molecule has 1 saturated heterocycles. The molecule has 134 valence electrons. The smallest absolute Gasteiger partial charge is 0.375 e. The van der Waals surface area contributed by atoms with Crippen molar-refractivity contribution in [2.45, 2.75) is 26.7 Å². The molecule has 1 aromatic heterocycles. The number of carbonyl (C=O) groups is 2. The molecule has 0 N–H and O–H groups in total. The first-order valence-electron chi connectivity index (χ1n) is 8.51. The van der Waals surface area contributed by atoms with E-state index in [0.29, 0.717) is 22.8 Å². The van der Waals surface area contributed by atoms with Gasteiger partial charge in [0.15, 0.2) is 6.61 Å². The van der Waals surface area contributed by atoms with Gasteiger partial charge in [-0.1, -0.05) is 6.92 Å². The summed E-state index contributed by atoms with van der Waals surface area (Å²) in [5, 5.41) is 0.794. The number of benzene rings is 1. The summed E-state index contributed by atoms with van der Waals surface area (Å²) in [5.41, 5.74) is 1.26. The average Bonchev–Trinajstić information content (AvgIpc) is 2.95. The first kappa shape index (κ1) is 17.3. The second-order valence-corrected chi connectivity index (χ2v) is 6.58. The molecule has 0 aliphatic carbocycles. The van der Waals surface area contributed by atoms with Gasteiger partial charge in [-0.15, -0.1) is 0 Å². The Bertz CT molecular complexity index is 794. The number of amides is 1. The fraction of sp³-hybridized carbons (Fsp3) is 0.474. The highest BCUT2D eigenvalue weighted by Gasteiger charge is 2.24. The number of esters is 1. The topological polar surface area (TPSA) is 69.0 Å². The number of nitrogens with zero attached hydrogens (tertiary/aromatic N) is 1. The van der Waals surface area contributed by atoms with Crippen molar-refractivity contribution in [2.24, 2.45) is 5.92 Å². The number of hydrogen-bond acceptors (Lipinski definition) is 5. The van der Waals surface area contributed by atoms with Crippen LogP contribution < -0.4 is 4.74 Å². The van der Waals surface area contributed by atoms with Crippen molar-refractivity contribution in [3.05, 3.63) is 29.5 Å². The van der Waals surface area contributed by atoms with Gasteiger partial charge in [-0.05, 0) is 43.9 Å². The number of piperidine rings is 1. The van der Waals surface area contributed by atoms with Crippen LogP contribution in [0, 0.1) is 12.8 Å². The number of methoxy groups -OCH3 is 1. The van der Waals surface area contributed by atoms with E-state index in [1.165, 1.54) is 0 Å². The molecule has 1 atom stereocenters. The number of furan rings is 1. The third-order valence-corrected chi connectivity index (χ3v) is 4.67. The van der Waals surface area contributed by atoms with E-state index >= 15 is 0 Å². The summed E-state index contributed by atoms with van der Waals surface area (Å²) < 4.78 is 16.0. The van der Waals surface area contributed by atoms with E-state index in [9.17, 15) is 9.59 Å². The maximum Gasteiger partial charge on any atom is 0.375 e. The Hall–Kier alpha value is -2.50. The summed E-state index contributed by atoms with van der Waals surface area (Å²) in [6, 6.07) is 5.32. The molecule has 0 spiro atoms. The Kier molecular flexibility index (Phi) is 4.97. The van der Waals surface area contributed by atoms with Crippen molar-refractivity contribution in [1.29, 1.82) is 0 Å². The predicted molar refractivity (Wildman–Crippen MR) is 92.8 cm³/mol. The lowest BCUT2D eigenvalue weighted by Gasteiger charge is -2.30. The van der Waals surface area contributed by atoms with Gasteiger partial charge in [-0.2, -0.15) is 0 Å². The molecular formula is C19H23NO5. The average molecular weight is 345 g/mol. The number of carbonyl (C=O) groups excluding carboxylic acids is 2. The molecule has 6 heteroatoms. The number of ether oxygens (including phenoxy) is 2. The third kappa shape index (κ3) is 3.62. The van der Waals surface area contributed by atoms with Gasteiger partial charge >= 0.3 is 5.97 Å². The predicted octanol–water partition coefficient (Wildman–Crippen LogP) is 3.17. The van der Waals surface area contributed by atoms with Crippen LogP contribution in [0.15, 0.2) is 22.6 Å². The Labute approximate surface area is 146 Å². The van der Waals surface area contributed by atoms with E-state index < -0.39 is 5.97 Å². The minimum atomic E-state index is -0.619. The van der Waals surface area contributed by atoms with Gasteiger partial charge in [-0.25, -0.2) is 4.79 Å². The molecule has 3 rings (SSSR count). The van der Waals surface area contributed by atoms with Crippen LogP contribution in [-0.2, 0) is 9.53 Å². The summed E-state index contributed by atoms with van der Waals surface area (Å²) in [6.07, 6.45) is 2.12. The lowest BCUT2D eigenvalue weighted by Crippen LogP contribution is -2.41. The minimum absolute atomic E-state index is 0.128. The lowest BCUT2D eigenvalue weighted by molar-refractivity contribution is -0.136. The Morgan fingerprint density at radius 2 is 2.16 bits per heavy atom. The fourth-order valence-corrected chi connectivity index (χ4v) is 3.22. The van der Waals surface area contributed by atoms with E-state index in [0.717, 1.165) is 31.3 Å². The molecule has 1 fully saturated rings. The second kappa shape index (κ2) is 7.17. The number of likely N-dealkylation sites (tertiary alicyclic amines) is 1. The first-order valence-corrected chi connectivity index (χ1v) is 8.51. The monoisotopic (exact) mass is 345 g/mol. The molecule has 2 heterocycles. The highest BCUT2D eigenvalue weighted by molar-refractivity contribution is 5.97. The highest BCUT2D eigenvalue weighted by Crippen LogP contribution is 2.29. The maximum atomic E-state index is 12.3. The van der Waals surface area contributed by atoms with E-state index in [2.05, 4.69) is 6.92 Å². The summed E-state index contributed by atoms with van der Waals surface area (Å²) >= 11 is 0. The third-order valence-electron chi connectivity index (χ3n) is 4.67. The van der Waals surface area contributed by atoms with Crippen molar-refractivity contribution in [3.63, 3.8) is 0 Å². The molecule has 1 aliphatic heterocycles. The number of hydrogen-bond donors (Lipinski definition) is 0. The van der Waals surface area contributed by atoms with Gasteiger partial charge in [-0.3, -0.25) is 4.79 Å². The summed E-state index contributed by atoms with van der Waals surface area (Å²) in [6.45, 7) is 5.10. The minimum Gasteiger partial charge on any atom is -0.497 e. The standard InChI is InChI=1S/C19H23NO5/c1-12-5-4-8-20(10-12)17(21)11-24-19(22)18-13(2)15-9-14(23-3)6-7-16(15)25-18/h6-7,9,12H,4-5,8,10-11H2,1-3H3.